The van der Waals surface area contributed by atoms with Crippen LogP contribution in [0.3, 0.4) is 0 Å². The molecule has 1 fully saturated rings. The maximum Gasteiger partial charge on any atom is 0.254 e. The van der Waals surface area contributed by atoms with Gasteiger partial charge in [0.2, 0.25) is 0 Å². The molecule has 0 spiro atoms. The van der Waals surface area contributed by atoms with Gasteiger partial charge in [-0.3, -0.25) is 4.79 Å². The van der Waals surface area contributed by atoms with Crippen LogP contribution in [-0.2, 0) is 0 Å². The molecule has 104 valence electrons. The topological polar surface area (TPSA) is 49.6 Å². The Bertz CT molecular complexity index is 452. The van der Waals surface area contributed by atoms with Crippen LogP contribution in [0.25, 0.3) is 0 Å². The van der Waals surface area contributed by atoms with Crippen molar-refractivity contribution in [1.82, 2.24) is 9.80 Å². The quantitative estimate of drug-likeness (QED) is 0.864. The van der Waals surface area contributed by atoms with E-state index >= 15 is 0 Å². The Morgan fingerprint density at radius 1 is 1.26 bits per heavy atom. The average Bonchev–Trinajstić information content (AvgIpc) is 2.36. The van der Waals surface area contributed by atoms with Crippen molar-refractivity contribution in [3.63, 3.8) is 0 Å². The lowest BCUT2D eigenvalue weighted by Crippen LogP contribution is -2.56. The Balaban J connectivity index is 2.22. The zero-order valence-corrected chi connectivity index (χ0v) is 12.0. The van der Waals surface area contributed by atoms with E-state index < -0.39 is 0 Å². The fourth-order valence-electron chi connectivity index (χ4n) is 2.74. The van der Waals surface area contributed by atoms with Crippen molar-refractivity contribution in [2.75, 3.05) is 33.2 Å². The number of carbonyl (C=O) groups is 1. The second-order valence-corrected chi connectivity index (χ2v) is 5.53. The highest BCUT2D eigenvalue weighted by Crippen LogP contribution is 2.15. The summed E-state index contributed by atoms with van der Waals surface area (Å²) in [5.74, 6) is 0.107. The van der Waals surface area contributed by atoms with Gasteiger partial charge in [0.25, 0.3) is 5.91 Å². The third kappa shape index (κ3) is 3.14. The molecule has 0 saturated carbocycles. The second-order valence-electron chi connectivity index (χ2n) is 5.53. The van der Waals surface area contributed by atoms with Crippen LogP contribution in [-0.4, -0.2) is 55.0 Å². The molecular weight excluding hydrogens is 238 g/mol. The van der Waals surface area contributed by atoms with Gasteiger partial charge in [-0.1, -0.05) is 17.2 Å². The first kappa shape index (κ1) is 14.0. The van der Waals surface area contributed by atoms with Crippen LogP contribution < -0.4 is 5.73 Å². The number of nitrogens with two attached hydrogens (primary N) is 1. The number of hydrogen-bond donors (Lipinski definition) is 1. The number of piperazine rings is 1. The molecule has 19 heavy (non-hydrogen) atoms. The largest absolute Gasteiger partial charge is 0.332 e. The fourth-order valence-corrected chi connectivity index (χ4v) is 2.74. The molecule has 1 atom stereocenters. The minimum Gasteiger partial charge on any atom is -0.332 e. The maximum atomic E-state index is 12.6. The van der Waals surface area contributed by atoms with Gasteiger partial charge in [-0.15, -0.1) is 0 Å². The summed E-state index contributed by atoms with van der Waals surface area (Å²) < 4.78 is 0. The zero-order valence-electron chi connectivity index (χ0n) is 12.0. The molecular formula is C15H23N3O. The van der Waals surface area contributed by atoms with Gasteiger partial charge in [0.05, 0.1) is 6.04 Å². The van der Waals surface area contributed by atoms with Crippen molar-refractivity contribution >= 4 is 5.91 Å². The van der Waals surface area contributed by atoms with Gasteiger partial charge in [0.15, 0.2) is 0 Å². The van der Waals surface area contributed by atoms with E-state index in [2.05, 4.69) is 18.0 Å². The fraction of sp³-hybridized carbons (Fsp3) is 0.533. The summed E-state index contributed by atoms with van der Waals surface area (Å²) in [7, 11) is 2.07. The first-order chi connectivity index (χ1) is 9.01. The lowest BCUT2D eigenvalue weighted by molar-refractivity contribution is 0.0516. The Morgan fingerprint density at radius 2 is 1.89 bits per heavy atom. The van der Waals surface area contributed by atoms with Gasteiger partial charge in [0, 0.05) is 31.7 Å². The highest BCUT2D eigenvalue weighted by molar-refractivity contribution is 5.95. The number of aryl methyl sites for hydroxylation is 2. The van der Waals surface area contributed by atoms with Crippen LogP contribution in [0.4, 0.5) is 0 Å². The third-order valence-electron chi connectivity index (χ3n) is 3.69. The number of benzene rings is 1. The summed E-state index contributed by atoms with van der Waals surface area (Å²) in [6.45, 7) is 7.08. The van der Waals surface area contributed by atoms with E-state index in [0.717, 1.165) is 36.3 Å². The van der Waals surface area contributed by atoms with E-state index in [0.29, 0.717) is 6.54 Å². The molecule has 0 bridgehead atoms. The molecule has 2 rings (SSSR count). The van der Waals surface area contributed by atoms with E-state index in [1.165, 1.54) is 0 Å². The lowest BCUT2D eigenvalue weighted by Gasteiger charge is -2.39. The molecule has 1 saturated heterocycles. The SMILES string of the molecule is Cc1cc(C)cc(C(=O)N2CCN(C)CC2CN)c1. The highest BCUT2D eigenvalue weighted by atomic mass is 16.2. The summed E-state index contributed by atoms with van der Waals surface area (Å²) in [4.78, 5) is 16.8. The van der Waals surface area contributed by atoms with Crippen LogP contribution >= 0.6 is 0 Å². The van der Waals surface area contributed by atoms with Crippen molar-refractivity contribution in [3.8, 4) is 0 Å². The molecule has 1 amide bonds. The van der Waals surface area contributed by atoms with Crippen LogP contribution in [0.2, 0.25) is 0 Å². The summed E-state index contributed by atoms with van der Waals surface area (Å²) in [6, 6.07) is 6.12. The number of hydrogen-bond acceptors (Lipinski definition) is 3. The second kappa shape index (κ2) is 5.72. The van der Waals surface area contributed by atoms with Crippen molar-refractivity contribution < 1.29 is 4.79 Å². The van der Waals surface area contributed by atoms with Crippen molar-refractivity contribution in [2.24, 2.45) is 5.73 Å². The van der Waals surface area contributed by atoms with E-state index in [1.807, 2.05) is 30.9 Å². The van der Waals surface area contributed by atoms with E-state index in [-0.39, 0.29) is 11.9 Å². The van der Waals surface area contributed by atoms with E-state index in [4.69, 9.17) is 5.73 Å². The molecule has 0 aliphatic carbocycles. The standard InChI is InChI=1S/C15H23N3O/c1-11-6-12(2)8-13(7-11)15(19)18-5-4-17(3)10-14(18)9-16/h6-8,14H,4-5,9-10,16H2,1-3H3. The Labute approximate surface area is 115 Å². The molecule has 0 aromatic heterocycles. The molecule has 1 aliphatic heterocycles. The van der Waals surface area contributed by atoms with E-state index in [9.17, 15) is 4.79 Å². The van der Waals surface area contributed by atoms with Crippen LogP contribution in [0.15, 0.2) is 18.2 Å². The predicted octanol–water partition coefficient (Wildman–Crippen LogP) is 1.02. The summed E-state index contributed by atoms with van der Waals surface area (Å²) in [5, 5.41) is 0. The predicted molar refractivity (Wildman–Crippen MR) is 77.3 cm³/mol. The van der Waals surface area contributed by atoms with Gasteiger partial charge >= 0.3 is 0 Å². The first-order valence-electron chi connectivity index (χ1n) is 6.79. The van der Waals surface area contributed by atoms with Crippen molar-refractivity contribution in [2.45, 2.75) is 19.9 Å². The molecule has 4 heteroatoms. The van der Waals surface area contributed by atoms with Gasteiger partial charge in [-0.2, -0.15) is 0 Å². The highest BCUT2D eigenvalue weighted by Gasteiger charge is 2.28. The molecule has 1 unspecified atom stereocenters. The Hall–Kier alpha value is -1.39. The van der Waals surface area contributed by atoms with Crippen molar-refractivity contribution in [1.29, 1.82) is 0 Å². The first-order valence-corrected chi connectivity index (χ1v) is 6.79. The summed E-state index contributed by atoms with van der Waals surface area (Å²) in [6.07, 6.45) is 0. The maximum absolute atomic E-state index is 12.6. The zero-order chi connectivity index (χ0) is 14.0. The molecule has 1 heterocycles. The molecule has 4 nitrogen and oxygen atoms in total. The summed E-state index contributed by atoms with van der Waals surface area (Å²) >= 11 is 0. The molecule has 1 aromatic rings. The number of amides is 1. The van der Waals surface area contributed by atoms with Gasteiger partial charge < -0.3 is 15.5 Å². The molecule has 0 radical (unpaired) electrons. The van der Waals surface area contributed by atoms with Gasteiger partial charge in [-0.05, 0) is 33.0 Å². The number of rotatable bonds is 2. The Kier molecular flexibility index (Phi) is 4.22. The normalized spacial score (nSPS) is 20.6. The van der Waals surface area contributed by atoms with Gasteiger partial charge in [0.1, 0.15) is 0 Å². The van der Waals surface area contributed by atoms with Crippen LogP contribution in [0, 0.1) is 13.8 Å². The van der Waals surface area contributed by atoms with Gasteiger partial charge in [-0.25, -0.2) is 0 Å². The minimum absolute atomic E-state index is 0.107. The van der Waals surface area contributed by atoms with Crippen LogP contribution in [0.1, 0.15) is 21.5 Å². The smallest absolute Gasteiger partial charge is 0.254 e. The van der Waals surface area contributed by atoms with Crippen molar-refractivity contribution in [3.05, 3.63) is 34.9 Å². The molecule has 1 aliphatic rings. The third-order valence-corrected chi connectivity index (χ3v) is 3.69. The Morgan fingerprint density at radius 3 is 2.47 bits per heavy atom. The summed E-state index contributed by atoms with van der Waals surface area (Å²) in [5.41, 5.74) is 8.84. The number of carbonyl (C=O) groups excluding carboxylic acids is 1. The molecule has 1 aromatic carbocycles. The number of nitrogens with zero attached hydrogens (tertiary/aromatic N) is 2. The monoisotopic (exact) mass is 261 g/mol. The number of likely N-dealkylation sites (N-methyl/N-ethyl adjacent to an activating group) is 1. The average molecular weight is 261 g/mol. The lowest BCUT2D eigenvalue weighted by atomic mass is 10.0. The molecule has 2 N–H and O–H groups in total. The van der Waals surface area contributed by atoms with E-state index in [1.54, 1.807) is 0 Å². The minimum atomic E-state index is 0.107. The van der Waals surface area contributed by atoms with Crippen LogP contribution in [0.5, 0.6) is 0 Å².